The molecule has 0 unspecified atom stereocenters. The molecule has 5 aromatic rings. The van der Waals surface area contributed by atoms with Gasteiger partial charge in [0.2, 0.25) is 0 Å². The fourth-order valence-corrected chi connectivity index (χ4v) is 6.67. The Morgan fingerprint density at radius 3 is 2.59 bits per heavy atom. The maximum absolute atomic E-state index is 13.4. The number of hydrogen-bond acceptors (Lipinski definition) is 7. The number of aromatic hydroxyl groups is 1. The highest BCUT2D eigenvalue weighted by Gasteiger charge is 2.26. The Kier molecular flexibility index (Phi) is 8.81. The van der Waals surface area contributed by atoms with Crippen LogP contribution in [0.2, 0.25) is 5.02 Å². The van der Waals surface area contributed by atoms with Crippen LogP contribution in [0.25, 0.3) is 17.1 Å². The summed E-state index contributed by atoms with van der Waals surface area (Å²) < 4.78 is 10.2. The number of rotatable bonds is 8. The number of aromatic nitrogens is 5. The SMILES string of the molecule is Cc1ccc(-n2nc(C(C)(C)C)cc2NC(=O)Nc2ccc(OCCN3CCn4c(nnc4-c4cccc(Cl)c4O)C3)c3c2CCC3)cc1. The molecule has 0 spiro atoms. The van der Waals surface area contributed by atoms with Gasteiger partial charge in [0.15, 0.2) is 5.82 Å². The van der Waals surface area contributed by atoms with E-state index < -0.39 is 0 Å². The molecule has 254 valence electrons. The number of halogens is 1. The van der Waals surface area contributed by atoms with Gasteiger partial charge >= 0.3 is 6.03 Å². The second-order valence-corrected chi connectivity index (χ2v) is 14.2. The number of carbonyl (C=O) groups is 1. The highest BCUT2D eigenvalue weighted by atomic mass is 35.5. The number of nitrogens with zero attached hydrogens (tertiary/aromatic N) is 6. The number of amides is 2. The maximum Gasteiger partial charge on any atom is 0.324 e. The van der Waals surface area contributed by atoms with Gasteiger partial charge in [-0.25, -0.2) is 9.48 Å². The zero-order chi connectivity index (χ0) is 34.3. The van der Waals surface area contributed by atoms with E-state index in [4.69, 9.17) is 21.4 Å². The van der Waals surface area contributed by atoms with E-state index in [9.17, 15) is 9.90 Å². The molecule has 0 atom stereocenters. The number of fused-ring (bicyclic) bond motifs is 2. The predicted molar refractivity (Wildman–Crippen MR) is 191 cm³/mol. The van der Waals surface area contributed by atoms with E-state index in [1.807, 2.05) is 54.0 Å². The number of phenolic OH excluding ortho intramolecular Hbond substituents is 1. The van der Waals surface area contributed by atoms with Gasteiger partial charge in [-0.2, -0.15) is 5.10 Å². The van der Waals surface area contributed by atoms with Crippen LogP contribution in [-0.4, -0.2) is 60.3 Å². The first kappa shape index (κ1) is 32.7. The topological polar surface area (TPSA) is 122 Å². The zero-order valence-electron chi connectivity index (χ0n) is 28.3. The van der Waals surface area contributed by atoms with Gasteiger partial charge in [0.1, 0.15) is 29.7 Å². The van der Waals surface area contributed by atoms with Crippen LogP contribution in [0.3, 0.4) is 0 Å². The van der Waals surface area contributed by atoms with Gasteiger partial charge in [0, 0.05) is 36.8 Å². The van der Waals surface area contributed by atoms with E-state index in [-0.39, 0.29) is 17.2 Å². The molecule has 0 fully saturated rings. The Morgan fingerprint density at radius 1 is 1.00 bits per heavy atom. The summed E-state index contributed by atoms with van der Waals surface area (Å²) in [6.45, 7) is 11.8. The monoisotopic (exact) mass is 680 g/mol. The molecular weight excluding hydrogens is 640 g/mol. The molecule has 7 rings (SSSR count). The molecule has 2 amide bonds. The van der Waals surface area contributed by atoms with Crippen molar-refractivity contribution in [3.05, 3.63) is 93.9 Å². The zero-order valence-corrected chi connectivity index (χ0v) is 29.0. The van der Waals surface area contributed by atoms with Crippen LogP contribution in [0, 0.1) is 6.92 Å². The van der Waals surface area contributed by atoms with Gasteiger partial charge in [0.05, 0.1) is 28.5 Å². The molecule has 0 bridgehead atoms. The summed E-state index contributed by atoms with van der Waals surface area (Å²) in [6, 6.07) is 18.9. The van der Waals surface area contributed by atoms with E-state index in [0.29, 0.717) is 41.9 Å². The number of phenols is 1. The lowest BCUT2D eigenvalue weighted by molar-refractivity contribution is 0.174. The first-order valence-electron chi connectivity index (χ1n) is 16.7. The molecule has 11 nitrogen and oxygen atoms in total. The summed E-state index contributed by atoms with van der Waals surface area (Å²) in [5, 5.41) is 30.5. The second-order valence-electron chi connectivity index (χ2n) is 13.8. The summed E-state index contributed by atoms with van der Waals surface area (Å²) in [5.74, 6) is 2.95. The Morgan fingerprint density at radius 2 is 1.80 bits per heavy atom. The quantitative estimate of drug-likeness (QED) is 0.159. The highest BCUT2D eigenvalue weighted by Crippen LogP contribution is 2.37. The van der Waals surface area contributed by atoms with E-state index in [2.05, 4.69) is 46.5 Å². The minimum absolute atomic E-state index is 0.0184. The van der Waals surface area contributed by atoms with E-state index in [1.165, 1.54) is 0 Å². The fourth-order valence-electron chi connectivity index (χ4n) is 6.49. The molecule has 3 heterocycles. The van der Waals surface area contributed by atoms with Crippen LogP contribution in [0.1, 0.15) is 55.4 Å². The molecule has 0 saturated heterocycles. The van der Waals surface area contributed by atoms with Gasteiger partial charge in [-0.15, -0.1) is 10.2 Å². The molecular formula is C37H41ClN8O3. The highest BCUT2D eigenvalue weighted by molar-refractivity contribution is 6.32. The van der Waals surface area contributed by atoms with E-state index in [1.54, 1.807) is 22.9 Å². The Labute approximate surface area is 290 Å². The number of nitrogens with one attached hydrogen (secondary N) is 2. The van der Waals surface area contributed by atoms with Gasteiger partial charge < -0.3 is 19.7 Å². The Bertz CT molecular complexity index is 2010. The van der Waals surface area contributed by atoms with Gasteiger partial charge in [-0.1, -0.05) is 56.1 Å². The number of hydrogen-bond donors (Lipinski definition) is 3. The van der Waals surface area contributed by atoms with Crippen LogP contribution in [0.4, 0.5) is 16.3 Å². The van der Waals surface area contributed by atoms with Crippen molar-refractivity contribution in [3.63, 3.8) is 0 Å². The van der Waals surface area contributed by atoms with Gasteiger partial charge in [-0.05, 0) is 73.7 Å². The smallest absolute Gasteiger partial charge is 0.324 e. The molecule has 2 aromatic heterocycles. The minimum atomic E-state index is -0.317. The van der Waals surface area contributed by atoms with Crippen molar-refractivity contribution in [2.45, 2.75) is 65.5 Å². The van der Waals surface area contributed by atoms with Crippen molar-refractivity contribution in [2.24, 2.45) is 0 Å². The van der Waals surface area contributed by atoms with E-state index in [0.717, 1.165) is 77.7 Å². The lowest BCUT2D eigenvalue weighted by Crippen LogP contribution is -2.36. The number of anilines is 2. The average Bonchev–Trinajstić information content (AvgIpc) is 3.83. The molecule has 0 saturated carbocycles. The molecule has 1 aliphatic carbocycles. The molecule has 2 aliphatic rings. The van der Waals surface area contributed by atoms with Crippen LogP contribution in [-0.2, 0) is 31.3 Å². The fraction of sp³-hybridized carbons (Fsp3) is 0.351. The van der Waals surface area contributed by atoms with Gasteiger partial charge in [0.25, 0.3) is 0 Å². The number of ether oxygens (including phenoxy) is 1. The lowest BCUT2D eigenvalue weighted by Gasteiger charge is -2.27. The molecule has 3 aromatic carbocycles. The molecule has 1 aliphatic heterocycles. The van der Waals surface area contributed by atoms with Crippen LogP contribution < -0.4 is 15.4 Å². The summed E-state index contributed by atoms with van der Waals surface area (Å²) >= 11 is 6.13. The molecule has 12 heteroatoms. The molecule has 0 radical (unpaired) electrons. The minimum Gasteiger partial charge on any atom is -0.506 e. The summed E-state index contributed by atoms with van der Waals surface area (Å²) in [6.07, 6.45) is 2.79. The molecule has 3 N–H and O–H groups in total. The predicted octanol–water partition coefficient (Wildman–Crippen LogP) is 7.12. The average molecular weight is 681 g/mol. The number of carbonyl (C=O) groups excluding carboxylic acids is 1. The van der Waals surface area contributed by atoms with Crippen molar-refractivity contribution in [2.75, 3.05) is 30.3 Å². The van der Waals surface area contributed by atoms with Crippen molar-refractivity contribution in [1.82, 2.24) is 29.4 Å². The Hall–Kier alpha value is -4.87. The van der Waals surface area contributed by atoms with Crippen molar-refractivity contribution < 1.29 is 14.6 Å². The lowest BCUT2D eigenvalue weighted by atomic mass is 9.92. The third-order valence-electron chi connectivity index (χ3n) is 9.21. The Balaban J connectivity index is 0.991. The van der Waals surface area contributed by atoms with Gasteiger partial charge in [-0.3, -0.25) is 10.2 Å². The number of aryl methyl sites for hydroxylation is 1. The first-order chi connectivity index (χ1) is 23.5. The van der Waals surface area contributed by atoms with Crippen LogP contribution in [0.15, 0.2) is 60.7 Å². The maximum atomic E-state index is 13.4. The van der Waals surface area contributed by atoms with Crippen LogP contribution in [0.5, 0.6) is 11.5 Å². The van der Waals surface area contributed by atoms with E-state index >= 15 is 0 Å². The largest absolute Gasteiger partial charge is 0.506 e. The summed E-state index contributed by atoms with van der Waals surface area (Å²) in [7, 11) is 0. The summed E-state index contributed by atoms with van der Waals surface area (Å²) in [4.78, 5) is 15.7. The number of urea groups is 1. The normalized spacial score (nSPS) is 14.4. The van der Waals surface area contributed by atoms with Crippen LogP contribution >= 0.6 is 11.6 Å². The van der Waals surface area contributed by atoms with Crippen molar-refractivity contribution in [1.29, 1.82) is 0 Å². The third-order valence-corrected chi connectivity index (χ3v) is 9.52. The van der Waals surface area contributed by atoms with Crippen molar-refractivity contribution >= 4 is 29.1 Å². The standard InChI is InChI=1S/C37H41ClN8O3/c1-23-11-13-24(14-12-23)46-32(21-31(43-46)37(2,3)4)40-36(48)39-29-15-16-30(26-8-5-7-25(26)29)49-20-19-44-17-18-45-33(22-44)41-42-35(45)27-9-6-10-28(38)34(27)47/h6,9-16,21,47H,5,7-8,17-20,22H2,1-4H3,(H2,39,40,48). The number of para-hydroxylation sites is 1. The first-order valence-corrected chi connectivity index (χ1v) is 17.1. The van der Waals surface area contributed by atoms with Crippen molar-refractivity contribution in [3.8, 4) is 28.6 Å². The number of benzene rings is 3. The second kappa shape index (κ2) is 13.2. The third kappa shape index (κ3) is 6.73. The molecule has 49 heavy (non-hydrogen) atoms. The summed E-state index contributed by atoms with van der Waals surface area (Å²) in [5.41, 5.74) is 6.40.